The first-order valence-electron chi connectivity index (χ1n) is 9.74. The zero-order valence-electron chi connectivity index (χ0n) is 17.4. The Kier molecular flexibility index (Phi) is 5.37. The van der Waals surface area contributed by atoms with E-state index in [0.29, 0.717) is 28.6 Å². The molecule has 0 spiro atoms. The van der Waals surface area contributed by atoms with Crippen molar-refractivity contribution in [1.29, 1.82) is 0 Å². The van der Waals surface area contributed by atoms with Gasteiger partial charge in [-0.05, 0) is 63.2 Å². The molecule has 0 aliphatic rings. The van der Waals surface area contributed by atoms with Crippen molar-refractivity contribution in [2.75, 3.05) is 5.32 Å². The van der Waals surface area contributed by atoms with E-state index in [0.717, 1.165) is 11.3 Å². The minimum atomic E-state index is -0.463. The van der Waals surface area contributed by atoms with Crippen LogP contribution in [0.4, 0.5) is 14.5 Å². The molecule has 158 valence electrons. The SMILES string of the molecule is Cc1nn(-c2ccc(F)cc2)c(C)c1CC(=O)Nc1ccc(-n2ccnc2C)c(F)c1. The Morgan fingerprint density at radius 1 is 1.06 bits per heavy atom. The first-order valence-corrected chi connectivity index (χ1v) is 9.74. The summed E-state index contributed by atoms with van der Waals surface area (Å²) in [5.41, 5.74) is 3.70. The Morgan fingerprint density at radius 2 is 1.81 bits per heavy atom. The lowest BCUT2D eigenvalue weighted by atomic mass is 10.1. The van der Waals surface area contributed by atoms with Crippen LogP contribution < -0.4 is 5.32 Å². The van der Waals surface area contributed by atoms with Crippen molar-refractivity contribution >= 4 is 11.6 Å². The molecule has 0 aliphatic heterocycles. The van der Waals surface area contributed by atoms with Gasteiger partial charge in [0.2, 0.25) is 5.91 Å². The number of amides is 1. The molecule has 0 saturated carbocycles. The van der Waals surface area contributed by atoms with E-state index in [1.54, 1.807) is 52.8 Å². The summed E-state index contributed by atoms with van der Waals surface area (Å²) in [4.78, 5) is 16.7. The normalized spacial score (nSPS) is 11.0. The van der Waals surface area contributed by atoms with Crippen molar-refractivity contribution in [3.63, 3.8) is 0 Å². The molecule has 0 aliphatic carbocycles. The fraction of sp³-hybridized carbons (Fsp3) is 0.174. The highest BCUT2D eigenvalue weighted by Gasteiger charge is 2.17. The number of hydrogen-bond donors (Lipinski definition) is 1. The van der Waals surface area contributed by atoms with Crippen LogP contribution in [0.2, 0.25) is 0 Å². The smallest absolute Gasteiger partial charge is 0.228 e. The van der Waals surface area contributed by atoms with Crippen molar-refractivity contribution in [3.05, 3.63) is 89.3 Å². The lowest BCUT2D eigenvalue weighted by molar-refractivity contribution is -0.115. The Bertz CT molecular complexity index is 1260. The molecule has 1 N–H and O–H groups in total. The van der Waals surface area contributed by atoms with Crippen LogP contribution in [0.15, 0.2) is 54.9 Å². The van der Waals surface area contributed by atoms with Gasteiger partial charge < -0.3 is 9.88 Å². The van der Waals surface area contributed by atoms with Gasteiger partial charge in [-0.25, -0.2) is 18.4 Å². The van der Waals surface area contributed by atoms with Crippen LogP contribution in [-0.4, -0.2) is 25.2 Å². The third kappa shape index (κ3) is 4.09. The van der Waals surface area contributed by atoms with E-state index in [-0.39, 0.29) is 18.1 Å². The van der Waals surface area contributed by atoms with Gasteiger partial charge in [0.1, 0.15) is 17.5 Å². The molecular weight excluding hydrogens is 400 g/mol. The summed E-state index contributed by atoms with van der Waals surface area (Å²) in [5, 5.41) is 7.22. The van der Waals surface area contributed by atoms with Crippen molar-refractivity contribution in [2.45, 2.75) is 27.2 Å². The average Bonchev–Trinajstić information content (AvgIpc) is 3.27. The number of aromatic nitrogens is 4. The number of anilines is 1. The predicted molar refractivity (Wildman–Crippen MR) is 114 cm³/mol. The van der Waals surface area contributed by atoms with Crippen LogP contribution in [0.25, 0.3) is 11.4 Å². The molecule has 4 rings (SSSR count). The van der Waals surface area contributed by atoms with E-state index < -0.39 is 5.82 Å². The molecule has 0 unspecified atom stereocenters. The fourth-order valence-corrected chi connectivity index (χ4v) is 3.54. The zero-order valence-corrected chi connectivity index (χ0v) is 17.4. The number of nitrogens with one attached hydrogen (secondary N) is 1. The molecule has 0 atom stereocenters. The summed E-state index contributed by atoms with van der Waals surface area (Å²) in [7, 11) is 0. The van der Waals surface area contributed by atoms with Gasteiger partial charge in [-0.15, -0.1) is 0 Å². The third-order valence-electron chi connectivity index (χ3n) is 5.17. The summed E-state index contributed by atoms with van der Waals surface area (Å²) >= 11 is 0. The van der Waals surface area contributed by atoms with Crippen molar-refractivity contribution in [3.8, 4) is 11.4 Å². The molecule has 2 heterocycles. The average molecular weight is 421 g/mol. The van der Waals surface area contributed by atoms with Gasteiger partial charge >= 0.3 is 0 Å². The molecule has 2 aromatic carbocycles. The van der Waals surface area contributed by atoms with Crippen LogP contribution in [0.5, 0.6) is 0 Å². The van der Waals surface area contributed by atoms with Crippen molar-refractivity contribution in [1.82, 2.24) is 19.3 Å². The van der Waals surface area contributed by atoms with Crippen LogP contribution in [-0.2, 0) is 11.2 Å². The number of imidazole rings is 1. The van der Waals surface area contributed by atoms with Gasteiger partial charge in [-0.3, -0.25) is 4.79 Å². The third-order valence-corrected chi connectivity index (χ3v) is 5.17. The number of rotatable bonds is 5. The lowest BCUT2D eigenvalue weighted by Gasteiger charge is -2.10. The maximum Gasteiger partial charge on any atom is 0.228 e. The number of aryl methyl sites for hydroxylation is 2. The molecule has 1 amide bonds. The van der Waals surface area contributed by atoms with Gasteiger partial charge in [0, 0.05) is 29.3 Å². The van der Waals surface area contributed by atoms with Crippen LogP contribution in [0.3, 0.4) is 0 Å². The standard InChI is InChI=1S/C23H21F2N5O/c1-14-20(15(2)30(28-14)19-7-4-17(24)5-8-19)13-23(31)27-18-6-9-22(21(25)12-18)29-11-10-26-16(29)3/h4-12H,13H2,1-3H3,(H,27,31). The van der Waals surface area contributed by atoms with E-state index in [9.17, 15) is 13.6 Å². The molecule has 0 radical (unpaired) electrons. The number of halogens is 2. The first kappa shape index (κ1) is 20.5. The number of carbonyl (C=O) groups is 1. The number of benzene rings is 2. The molecule has 6 nitrogen and oxygen atoms in total. The second-order valence-electron chi connectivity index (χ2n) is 7.27. The largest absolute Gasteiger partial charge is 0.326 e. The van der Waals surface area contributed by atoms with Crippen LogP contribution >= 0.6 is 0 Å². The van der Waals surface area contributed by atoms with E-state index in [1.807, 2.05) is 13.8 Å². The number of nitrogens with zero attached hydrogens (tertiary/aromatic N) is 4. The summed E-state index contributed by atoms with van der Waals surface area (Å²) in [6, 6.07) is 10.5. The van der Waals surface area contributed by atoms with E-state index in [1.165, 1.54) is 18.2 Å². The topological polar surface area (TPSA) is 64.7 Å². The molecule has 4 aromatic rings. The monoisotopic (exact) mass is 421 g/mol. The van der Waals surface area contributed by atoms with Crippen molar-refractivity contribution < 1.29 is 13.6 Å². The first-order chi connectivity index (χ1) is 14.8. The van der Waals surface area contributed by atoms with Crippen LogP contribution in [0.1, 0.15) is 22.8 Å². The fourth-order valence-electron chi connectivity index (χ4n) is 3.54. The number of carbonyl (C=O) groups excluding carboxylic acids is 1. The minimum Gasteiger partial charge on any atom is -0.326 e. The zero-order chi connectivity index (χ0) is 22.1. The maximum atomic E-state index is 14.6. The molecule has 0 saturated heterocycles. The minimum absolute atomic E-state index is 0.0862. The lowest BCUT2D eigenvalue weighted by Crippen LogP contribution is -2.15. The molecule has 0 bridgehead atoms. The summed E-state index contributed by atoms with van der Waals surface area (Å²) in [6.07, 6.45) is 3.36. The second-order valence-corrected chi connectivity index (χ2v) is 7.27. The molecule has 0 fully saturated rings. The van der Waals surface area contributed by atoms with Gasteiger partial charge in [-0.1, -0.05) is 0 Å². The predicted octanol–water partition coefficient (Wildman–Crippen LogP) is 4.44. The summed E-state index contributed by atoms with van der Waals surface area (Å²) in [5.74, 6) is -0.405. The Morgan fingerprint density at radius 3 is 2.45 bits per heavy atom. The van der Waals surface area contributed by atoms with Crippen molar-refractivity contribution in [2.24, 2.45) is 0 Å². The highest BCUT2D eigenvalue weighted by atomic mass is 19.1. The number of hydrogen-bond acceptors (Lipinski definition) is 3. The summed E-state index contributed by atoms with van der Waals surface area (Å²) < 4.78 is 31.1. The highest BCUT2D eigenvalue weighted by Crippen LogP contribution is 2.22. The van der Waals surface area contributed by atoms with Gasteiger partial charge in [0.25, 0.3) is 0 Å². The van der Waals surface area contributed by atoms with Gasteiger partial charge in [-0.2, -0.15) is 5.10 Å². The van der Waals surface area contributed by atoms with Crippen LogP contribution in [0, 0.1) is 32.4 Å². The van der Waals surface area contributed by atoms with E-state index >= 15 is 0 Å². The van der Waals surface area contributed by atoms with E-state index in [4.69, 9.17) is 0 Å². The molecular formula is C23H21F2N5O. The molecule has 8 heteroatoms. The molecule has 2 aromatic heterocycles. The van der Waals surface area contributed by atoms with E-state index in [2.05, 4.69) is 15.4 Å². The Hall–Kier alpha value is -3.81. The second kappa shape index (κ2) is 8.14. The molecule has 31 heavy (non-hydrogen) atoms. The van der Waals surface area contributed by atoms with Gasteiger partial charge in [0.05, 0.1) is 23.5 Å². The highest BCUT2D eigenvalue weighted by molar-refractivity contribution is 5.92. The summed E-state index contributed by atoms with van der Waals surface area (Å²) in [6.45, 7) is 5.46. The van der Waals surface area contributed by atoms with Gasteiger partial charge in [0.15, 0.2) is 0 Å². The Balaban J connectivity index is 1.51. The Labute approximate surface area is 178 Å². The maximum absolute atomic E-state index is 14.6. The quantitative estimate of drug-likeness (QED) is 0.518.